The molecule has 0 spiro atoms. The van der Waals surface area contributed by atoms with Crippen molar-refractivity contribution in [3.8, 4) is 0 Å². The van der Waals surface area contributed by atoms with Crippen molar-refractivity contribution in [1.82, 2.24) is 4.90 Å². The van der Waals surface area contributed by atoms with Crippen LogP contribution in [0.2, 0.25) is 18.1 Å². The molecule has 0 bridgehead atoms. The van der Waals surface area contributed by atoms with E-state index in [4.69, 9.17) is 13.9 Å². The lowest BCUT2D eigenvalue weighted by atomic mass is 9.76. The van der Waals surface area contributed by atoms with Crippen LogP contribution in [0.25, 0.3) is 0 Å². The van der Waals surface area contributed by atoms with Crippen LogP contribution in [0.3, 0.4) is 0 Å². The fraction of sp³-hybridized carbons (Fsp3) is 0.302. The number of β-lactam (4-membered cyclic amide) rings is 1. The molecule has 1 fully saturated rings. The molecule has 1 aliphatic heterocycles. The molecule has 0 radical (unpaired) electrons. The summed E-state index contributed by atoms with van der Waals surface area (Å²) in [6.45, 7) is 14.7. The SMILES string of the molecule is C=CCC(OC(=O)C(N1C(=O)[C@H]([C@@H](C)O[Si](C)(C)C(C)(C)C)[C@@H]1[C@@H](C)C(=O)OC(=O)c1ccc(N(C)C)cc1)=P(c1ccccc1)(c1ccccc1)c1ccccc1)c1ccccc1. The smallest absolute Gasteiger partial charge is 0.356 e. The third-order valence-electron chi connectivity index (χ3n) is 12.6. The molecule has 0 N–H and O–H groups in total. The Balaban J connectivity index is 1.63. The van der Waals surface area contributed by atoms with Crippen LogP contribution in [0.15, 0.2) is 158 Å². The van der Waals surface area contributed by atoms with Crippen LogP contribution in [0.5, 0.6) is 0 Å². The van der Waals surface area contributed by atoms with E-state index >= 15 is 9.59 Å². The topological polar surface area (TPSA) is 102 Å². The molecule has 0 saturated carbocycles. The number of amides is 1. The predicted octanol–water partition coefficient (Wildman–Crippen LogP) is 9.29. The van der Waals surface area contributed by atoms with Crippen molar-refractivity contribution in [2.75, 3.05) is 19.0 Å². The lowest BCUT2D eigenvalue weighted by Crippen LogP contribution is -2.71. The summed E-state index contributed by atoms with van der Waals surface area (Å²) in [5, 5.41) is 2.19. The zero-order valence-electron chi connectivity index (χ0n) is 38.4. The molecular formula is C53H61N2O7PSi. The molecule has 11 heteroatoms. The van der Waals surface area contributed by atoms with Gasteiger partial charge in [0.25, 0.3) is 0 Å². The predicted molar refractivity (Wildman–Crippen MR) is 262 cm³/mol. The Morgan fingerprint density at radius 3 is 1.67 bits per heavy atom. The van der Waals surface area contributed by atoms with Crippen molar-refractivity contribution in [2.24, 2.45) is 11.8 Å². The van der Waals surface area contributed by atoms with Crippen molar-refractivity contribution < 1.29 is 33.1 Å². The molecular weight excluding hydrogens is 836 g/mol. The van der Waals surface area contributed by atoms with Crippen LogP contribution in [0.4, 0.5) is 5.69 Å². The zero-order valence-corrected chi connectivity index (χ0v) is 40.3. The number of esters is 3. The van der Waals surface area contributed by atoms with Crippen molar-refractivity contribution in [2.45, 2.75) is 77.4 Å². The molecule has 334 valence electrons. The van der Waals surface area contributed by atoms with E-state index in [-0.39, 0.29) is 21.9 Å². The zero-order chi connectivity index (χ0) is 46.4. The normalized spacial score (nSPS) is 16.7. The van der Waals surface area contributed by atoms with E-state index in [1.165, 1.54) is 4.90 Å². The standard InChI is InChI=1S/C53H61N2O7PSi/c1-11-24-45(39-25-16-12-17-26-39)60-52(59)49(63(42-27-18-13-19-28-42,43-29-20-14-21-30-43)44-31-22-15-23-32-44)55-47(46(48(55)56)38(3)62-64(9,10)53(4,5)6)37(2)50(57)61-51(58)40-33-35-41(36-34-40)54(7)8/h11-23,25-38,45-47H,1,24H2,2-10H3/t37-,38-,45?,46-,47+/m1/s1. The highest BCUT2D eigenvalue weighted by Gasteiger charge is 2.60. The van der Waals surface area contributed by atoms with E-state index in [0.717, 1.165) is 27.2 Å². The number of likely N-dealkylation sites (tertiary alicyclic amines) is 1. The average molecular weight is 897 g/mol. The largest absolute Gasteiger partial charge is 0.452 e. The average Bonchev–Trinajstić information content (AvgIpc) is 3.28. The van der Waals surface area contributed by atoms with Gasteiger partial charge in [0.2, 0.25) is 5.91 Å². The van der Waals surface area contributed by atoms with Gasteiger partial charge in [-0.2, -0.15) is 0 Å². The van der Waals surface area contributed by atoms with Gasteiger partial charge >= 0.3 is 17.9 Å². The highest BCUT2D eigenvalue weighted by atomic mass is 31.2. The van der Waals surface area contributed by atoms with Crippen molar-refractivity contribution in [3.05, 3.63) is 169 Å². The van der Waals surface area contributed by atoms with Gasteiger partial charge in [-0.1, -0.05) is 148 Å². The minimum atomic E-state index is -3.40. The van der Waals surface area contributed by atoms with E-state index in [2.05, 4.69) is 40.4 Å². The van der Waals surface area contributed by atoms with Gasteiger partial charge in [-0.05, 0) is 77.7 Å². The number of ether oxygens (including phenoxy) is 2. The van der Waals surface area contributed by atoms with Gasteiger partial charge in [0.15, 0.2) is 8.32 Å². The van der Waals surface area contributed by atoms with Crippen LogP contribution < -0.4 is 20.8 Å². The minimum absolute atomic E-state index is 0.108. The fourth-order valence-electron chi connectivity index (χ4n) is 8.20. The maximum Gasteiger partial charge on any atom is 0.356 e. The first-order valence-electron chi connectivity index (χ1n) is 21.8. The van der Waals surface area contributed by atoms with Gasteiger partial charge < -0.3 is 23.7 Å². The molecule has 5 aromatic rings. The van der Waals surface area contributed by atoms with Gasteiger partial charge in [-0.15, -0.1) is 6.58 Å². The summed E-state index contributed by atoms with van der Waals surface area (Å²) < 4.78 is 19.3. The Labute approximate surface area is 380 Å². The maximum absolute atomic E-state index is 15.9. The molecule has 5 aromatic carbocycles. The van der Waals surface area contributed by atoms with E-state index in [0.29, 0.717) is 6.42 Å². The first-order chi connectivity index (χ1) is 30.4. The number of rotatable bonds is 16. The Kier molecular flexibility index (Phi) is 14.8. The molecule has 5 atom stereocenters. The lowest BCUT2D eigenvalue weighted by molar-refractivity contribution is -0.166. The summed E-state index contributed by atoms with van der Waals surface area (Å²) >= 11 is 0. The molecule has 6 rings (SSSR count). The highest BCUT2D eigenvalue weighted by Crippen LogP contribution is 2.51. The van der Waals surface area contributed by atoms with Crippen LogP contribution in [0.1, 0.15) is 63.1 Å². The molecule has 9 nitrogen and oxygen atoms in total. The maximum atomic E-state index is 15.9. The Hall–Kier alpha value is -5.80. The van der Waals surface area contributed by atoms with Gasteiger partial charge in [-0.3, -0.25) is 9.59 Å². The van der Waals surface area contributed by atoms with E-state index in [9.17, 15) is 9.59 Å². The molecule has 0 aromatic heterocycles. The number of anilines is 1. The first-order valence-corrected chi connectivity index (χ1v) is 26.5. The molecule has 1 amide bonds. The number of carbonyl (C=O) groups is 4. The van der Waals surface area contributed by atoms with Crippen molar-refractivity contribution in [1.29, 1.82) is 0 Å². The van der Waals surface area contributed by atoms with Gasteiger partial charge in [0.05, 0.1) is 29.5 Å². The molecule has 1 unspecified atom stereocenters. The monoisotopic (exact) mass is 896 g/mol. The Bertz CT molecular complexity index is 2390. The number of carbonyl (C=O) groups excluding carboxylic acids is 4. The molecule has 0 aliphatic carbocycles. The second kappa shape index (κ2) is 19.9. The minimum Gasteiger partial charge on any atom is -0.452 e. The van der Waals surface area contributed by atoms with Gasteiger partial charge in [0.1, 0.15) is 11.5 Å². The Morgan fingerprint density at radius 2 is 1.23 bits per heavy atom. The fourth-order valence-corrected chi connectivity index (χ4v) is 14.0. The van der Waals surface area contributed by atoms with Gasteiger partial charge in [0, 0.05) is 33.1 Å². The number of benzene rings is 5. The summed E-state index contributed by atoms with van der Waals surface area (Å²) in [6.07, 6.45) is 0.576. The molecule has 64 heavy (non-hydrogen) atoms. The quantitative estimate of drug-likeness (QED) is 0.0241. The third kappa shape index (κ3) is 9.65. The van der Waals surface area contributed by atoms with Crippen molar-refractivity contribution in [3.63, 3.8) is 0 Å². The second-order valence-electron chi connectivity index (χ2n) is 18.1. The molecule has 1 saturated heterocycles. The van der Waals surface area contributed by atoms with E-state index < -0.39 is 63.2 Å². The lowest BCUT2D eigenvalue weighted by Gasteiger charge is -2.54. The summed E-state index contributed by atoms with van der Waals surface area (Å²) in [5.74, 6) is -4.76. The van der Waals surface area contributed by atoms with Crippen LogP contribution in [-0.2, 0) is 28.3 Å². The van der Waals surface area contributed by atoms with Crippen LogP contribution >= 0.6 is 6.89 Å². The summed E-state index contributed by atoms with van der Waals surface area (Å²) in [4.78, 5) is 63.1. The number of nitrogens with zero attached hydrogens (tertiary/aromatic N) is 2. The molecule has 1 heterocycles. The van der Waals surface area contributed by atoms with Crippen LogP contribution in [0, 0.1) is 11.8 Å². The summed E-state index contributed by atoms with van der Waals surface area (Å²) in [7, 11) is 1.29. The highest BCUT2D eigenvalue weighted by molar-refractivity contribution is 7.96. The van der Waals surface area contributed by atoms with Crippen LogP contribution in [-0.4, -0.2) is 68.7 Å². The Morgan fingerprint density at radius 1 is 0.766 bits per heavy atom. The van der Waals surface area contributed by atoms with E-state index in [1.54, 1.807) is 37.3 Å². The number of hydrogen-bond acceptors (Lipinski definition) is 8. The molecule has 1 aliphatic rings. The second-order valence-corrected chi connectivity index (χ2v) is 26.1. The number of hydrogen-bond donors (Lipinski definition) is 0. The van der Waals surface area contributed by atoms with E-state index in [1.807, 2.05) is 147 Å². The first kappa shape index (κ1) is 47.7. The van der Waals surface area contributed by atoms with Crippen molar-refractivity contribution >= 4 is 66.0 Å². The third-order valence-corrected chi connectivity index (χ3v) is 21.5. The van der Waals surface area contributed by atoms with Gasteiger partial charge in [-0.25, -0.2) is 9.59 Å². The summed E-state index contributed by atoms with van der Waals surface area (Å²) in [6, 6.07) is 44.4. The summed E-state index contributed by atoms with van der Waals surface area (Å²) in [5.41, 5.74) is 1.94.